The fourth-order valence-corrected chi connectivity index (χ4v) is 4.51. The van der Waals surface area contributed by atoms with Crippen molar-refractivity contribution in [2.75, 3.05) is 34.0 Å². The van der Waals surface area contributed by atoms with Crippen LogP contribution in [0, 0.1) is 0 Å². The lowest BCUT2D eigenvalue weighted by Gasteiger charge is -2.42. The smallest absolute Gasteiger partial charge is 0.229 e. The summed E-state index contributed by atoms with van der Waals surface area (Å²) in [4.78, 5) is 12.8. The van der Waals surface area contributed by atoms with Crippen molar-refractivity contribution in [3.8, 4) is 23.0 Å². The molecular weight excluding hydrogens is 560 g/mol. The SMILES string of the molecule is COc1cc(O)c(C(=O)C=Cc2ccc(O[C@H]3O[C@H](CO)[C@@H](O)[C@H](O)[C@H]3O[C@@H]3OC[C@](O)(CO)[C@H]3O)cc2)c(OC)c1. The van der Waals surface area contributed by atoms with Crippen LogP contribution in [-0.2, 0) is 14.2 Å². The quantitative estimate of drug-likeness (QED) is 0.122. The molecule has 0 aliphatic carbocycles. The topological polar surface area (TPSA) is 214 Å². The first-order valence-corrected chi connectivity index (χ1v) is 12.9. The molecule has 2 heterocycles. The molecule has 0 aromatic heterocycles. The minimum Gasteiger partial charge on any atom is -0.507 e. The van der Waals surface area contributed by atoms with Gasteiger partial charge in [0, 0.05) is 12.1 Å². The molecule has 2 fully saturated rings. The number of benzene rings is 2. The molecule has 2 aliphatic heterocycles. The third-order valence-corrected chi connectivity index (χ3v) is 7.01. The van der Waals surface area contributed by atoms with E-state index in [4.69, 9.17) is 28.4 Å². The van der Waals surface area contributed by atoms with Gasteiger partial charge in [-0.2, -0.15) is 0 Å². The number of phenolic OH excluding ortho intramolecular Hbond substituents is 1. The molecule has 0 radical (unpaired) electrons. The van der Waals surface area contributed by atoms with E-state index >= 15 is 0 Å². The number of carbonyl (C=O) groups excluding carboxylic acids is 1. The Balaban J connectivity index is 1.48. The summed E-state index contributed by atoms with van der Waals surface area (Å²) in [6.45, 7) is -1.91. The molecule has 230 valence electrons. The maximum Gasteiger partial charge on any atom is 0.229 e. The molecule has 0 saturated carbocycles. The average Bonchev–Trinajstić information content (AvgIpc) is 3.28. The third kappa shape index (κ3) is 6.52. The van der Waals surface area contributed by atoms with Gasteiger partial charge in [0.05, 0.1) is 34.0 Å². The number of allylic oxidation sites excluding steroid dienone is 1. The zero-order valence-corrected chi connectivity index (χ0v) is 22.8. The van der Waals surface area contributed by atoms with E-state index in [0.717, 1.165) is 0 Å². The van der Waals surface area contributed by atoms with Crippen LogP contribution in [0.25, 0.3) is 6.08 Å². The molecule has 0 unspecified atom stereocenters. The van der Waals surface area contributed by atoms with Gasteiger partial charge in [-0.1, -0.05) is 18.2 Å². The first kappa shape index (κ1) is 31.6. The van der Waals surface area contributed by atoms with Crippen molar-refractivity contribution in [2.24, 2.45) is 0 Å². The number of aromatic hydroxyl groups is 1. The predicted molar refractivity (Wildman–Crippen MR) is 142 cm³/mol. The van der Waals surface area contributed by atoms with Crippen LogP contribution >= 0.6 is 0 Å². The maximum atomic E-state index is 12.8. The molecular formula is C28H34O14. The van der Waals surface area contributed by atoms with Gasteiger partial charge in [0.15, 0.2) is 18.2 Å². The average molecular weight is 595 g/mol. The van der Waals surface area contributed by atoms with Crippen molar-refractivity contribution in [2.45, 2.75) is 48.7 Å². The Morgan fingerprint density at radius 2 is 1.74 bits per heavy atom. The number of hydrogen-bond donors (Lipinski definition) is 7. The highest BCUT2D eigenvalue weighted by atomic mass is 16.8. The van der Waals surface area contributed by atoms with Crippen LogP contribution in [0.15, 0.2) is 42.5 Å². The number of ether oxygens (including phenoxy) is 6. The molecule has 2 aromatic rings. The van der Waals surface area contributed by atoms with Crippen LogP contribution in [0.3, 0.4) is 0 Å². The Bertz CT molecular complexity index is 1250. The van der Waals surface area contributed by atoms with E-state index in [1.54, 1.807) is 12.1 Å². The number of aliphatic hydroxyl groups excluding tert-OH is 5. The minimum absolute atomic E-state index is 0.0389. The summed E-state index contributed by atoms with van der Waals surface area (Å²) in [5.74, 6) is -0.152. The van der Waals surface area contributed by atoms with Gasteiger partial charge in [0.25, 0.3) is 0 Å². The lowest BCUT2D eigenvalue weighted by atomic mass is 9.98. The number of phenols is 1. The van der Waals surface area contributed by atoms with Crippen molar-refractivity contribution < 1.29 is 69.0 Å². The summed E-state index contributed by atoms with van der Waals surface area (Å²) in [6, 6.07) is 9.01. The summed E-state index contributed by atoms with van der Waals surface area (Å²) in [5.41, 5.74) is -1.45. The van der Waals surface area contributed by atoms with Gasteiger partial charge in [-0.3, -0.25) is 4.79 Å². The van der Waals surface area contributed by atoms with E-state index in [9.17, 15) is 40.5 Å². The molecule has 4 rings (SSSR count). The monoisotopic (exact) mass is 594 g/mol. The number of carbonyl (C=O) groups is 1. The molecule has 0 amide bonds. The summed E-state index contributed by atoms with van der Waals surface area (Å²) >= 11 is 0. The van der Waals surface area contributed by atoms with E-state index in [1.165, 1.54) is 50.6 Å². The van der Waals surface area contributed by atoms with Crippen molar-refractivity contribution in [1.82, 2.24) is 0 Å². The first-order valence-electron chi connectivity index (χ1n) is 12.9. The van der Waals surface area contributed by atoms with Crippen molar-refractivity contribution in [1.29, 1.82) is 0 Å². The second kappa shape index (κ2) is 13.3. The van der Waals surface area contributed by atoms with Gasteiger partial charge >= 0.3 is 0 Å². The van der Waals surface area contributed by atoms with Crippen LogP contribution in [0.5, 0.6) is 23.0 Å². The molecule has 0 spiro atoms. The Kier molecular flexibility index (Phi) is 10.0. The van der Waals surface area contributed by atoms with Gasteiger partial charge in [-0.05, 0) is 23.8 Å². The van der Waals surface area contributed by atoms with Crippen LogP contribution in [-0.4, -0.2) is 124 Å². The lowest BCUT2D eigenvalue weighted by molar-refractivity contribution is -0.318. The maximum absolute atomic E-state index is 12.8. The number of aliphatic hydroxyl groups is 6. The zero-order valence-electron chi connectivity index (χ0n) is 22.8. The Labute approximate surface area is 240 Å². The second-order valence-corrected chi connectivity index (χ2v) is 9.80. The molecule has 8 atom stereocenters. The predicted octanol–water partition coefficient (Wildman–Crippen LogP) is -1.05. The molecule has 42 heavy (non-hydrogen) atoms. The van der Waals surface area contributed by atoms with Gasteiger partial charge in [-0.25, -0.2) is 0 Å². The largest absolute Gasteiger partial charge is 0.507 e. The van der Waals surface area contributed by atoms with Gasteiger partial charge in [0.1, 0.15) is 58.6 Å². The van der Waals surface area contributed by atoms with E-state index < -0.39 is 74.3 Å². The molecule has 7 N–H and O–H groups in total. The second-order valence-electron chi connectivity index (χ2n) is 9.80. The normalized spacial score (nSPS) is 31.3. The van der Waals surface area contributed by atoms with Gasteiger partial charge < -0.3 is 64.2 Å². The third-order valence-electron chi connectivity index (χ3n) is 7.01. The summed E-state index contributed by atoms with van der Waals surface area (Å²) in [7, 11) is 2.78. The fraction of sp³-hybridized carbons (Fsp3) is 0.464. The van der Waals surface area contributed by atoms with Crippen LogP contribution in [0.2, 0.25) is 0 Å². The molecule has 2 aromatic carbocycles. The Hall–Kier alpha value is -3.31. The standard InChI is InChI=1S/C28H34O14/c1-37-16-9-18(32)21(19(10-16)38-2)17(31)8-5-14-3-6-15(7-4-14)40-26-24(23(34)22(33)20(11-29)41-26)42-27-25(35)28(36,12-30)13-39-27/h3-10,20,22-27,29-30,32-36H,11-13H2,1-2H3/t20-,22-,23+,24-,25+,26+,27+,28-/m1/s1. The number of hydrogen-bond acceptors (Lipinski definition) is 14. The Morgan fingerprint density at radius 1 is 1.02 bits per heavy atom. The number of methoxy groups -OCH3 is 2. The summed E-state index contributed by atoms with van der Waals surface area (Å²) in [5, 5.41) is 70.9. The highest BCUT2D eigenvalue weighted by Crippen LogP contribution is 2.34. The van der Waals surface area contributed by atoms with Gasteiger partial charge in [0.2, 0.25) is 6.29 Å². The number of rotatable bonds is 11. The zero-order chi connectivity index (χ0) is 30.6. The minimum atomic E-state index is -1.99. The van der Waals surface area contributed by atoms with Crippen LogP contribution < -0.4 is 14.2 Å². The fourth-order valence-electron chi connectivity index (χ4n) is 4.51. The van der Waals surface area contributed by atoms with E-state index in [0.29, 0.717) is 11.3 Å². The molecule has 2 saturated heterocycles. The van der Waals surface area contributed by atoms with Crippen molar-refractivity contribution >= 4 is 11.9 Å². The number of ketones is 1. The van der Waals surface area contributed by atoms with Crippen LogP contribution in [0.1, 0.15) is 15.9 Å². The Morgan fingerprint density at radius 3 is 2.33 bits per heavy atom. The molecule has 2 aliphatic rings. The first-order chi connectivity index (χ1) is 20.0. The molecule has 0 bridgehead atoms. The van der Waals surface area contributed by atoms with E-state index in [-0.39, 0.29) is 22.8 Å². The summed E-state index contributed by atoms with van der Waals surface area (Å²) < 4.78 is 32.6. The van der Waals surface area contributed by atoms with Crippen molar-refractivity contribution in [3.63, 3.8) is 0 Å². The van der Waals surface area contributed by atoms with E-state index in [1.807, 2.05) is 0 Å². The van der Waals surface area contributed by atoms with Crippen LogP contribution in [0.4, 0.5) is 0 Å². The van der Waals surface area contributed by atoms with Crippen molar-refractivity contribution in [3.05, 3.63) is 53.6 Å². The molecule has 14 nitrogen and oxygen atoms in total. The highest BCUT2D eigenvalue weighted by molar-refractivity contribution is 6.10. The molecule has 14 heteroatoms. The van der Waals surface area contributed by atoms with E-state index in [2.05, 4.69) is 0 Å². The highest BCUT2D eigenvalue weighted by Gasteiger charge is 2.53. The van der Waals surface area contributed by atoms with Gasteiger partial charge in [-0.15, -0.1) is 0 Å². The lowest BCUT2D eigenvalue weighted by Crippen LogP contribution is -2.62. The summed E-state index contributed by atoms with van der Waals surface area (Å²) in [6.07, 6.45) is -7.75.